The molecule has 2 aromatic rings. The molecule has 0 N–H and O–H groups in total. The molecule has 0 spiro atoms. The average molecular weight is 414 g/mol. The van der Waals surface area contributed by atoms with Crippen molar-refractivity contribution in [1.29, 1.82) is 0 Å². The van der Waals surface area contributed by atoms with Crippen molar-refractivity contribution >= 4 is 17.6 Å². The first-order chi connectivity index (χ1) is 14.3. The number of methoxy groups -OCH3 is 1. The van der Waals surface area contributed by atoms with E-state index >= 15 is 0 Å². The van der Waals surface area contributed by atoms with Crippen LogP contribution in [0.3, 0.4) is 0 Å². The van der Waals surface area contributed by atoms with Crippen molar-refractivity contribution in [3.8, 4) is 11.1 Å². The lowest BCUT2D eigenvalue weighted by Gasteiger charge is -2.18. The Hall–Kier alpha value is -3.33. The maximum absolute atomic E-state index is 13.0. The van der Waals surface area contributed by atoms with E-state index < -0.39 is 16.9 Å². The highest BCUT2D eigenvalue weighted by Crippen LogP contribution is 2.37. The van der Waals surface area contributed by atoms with Gasteiger partial charge in [-0.3, -0.25) is 15.1 Å². The number of nitro groups is 1. The Labute approximate surface area is 173 Å². The molecule has 0 bridgehead atoms. The molecule has 9 nitrogen and oxygen atoms in total. The Morgan fingerprint density at radius 1 is 1.20 bits per heavy atom. The molecule has 1 atom stereocenters. The van der Waals surface area contributed by atoms with Gasteiger partial charge in [0.05, 0.1) is 46.2 Å². The lowest BCUT2D eigenvalue weighted by molar-refractivity contribution is -0.384. The fraction of sp³-hybridized carbons (Fsp3) is 0.381. The third-order valence-electron chi connectivity index (χ3n) is 4.95. The summed E-state index contributed by atoms with van der Waals surface area (Å²) >= 11 is 0. The lowest BCUT2D eigenvalue weighted by atomic mass is 9.91. The quantitative estimate of drug-likeness (QED) is 0.401. The van der Waals surface area contributed by atoms with Gasteiger partial charge in [0.1, 0.15) is 6.61 Å². The van der Waals surface area contributed by atoms with E-state index in [2.05, 4.69) is 4.98 Å². The summed E-state index contributed by atoms with van der Waals surface area (Å²) in [5.41, 5.74) is 0.515. The normalized spacial score (nSPS) is 15.6. The molecule has 0 radical (unpaired) electrons. The van der Waals surface area contributed by atoms with Gasteiger partial charge in [0, 0.05) is 18.2 Å². The van der Waals surface area contributed by atoms with Crippen LogP contribution < -0.4 is 0 Å². The van der Waals surface area contributed by atoms with Gasteiger partial charge in [0.15, 0.2) is 0 Å². The third-order valence-corrected chi connectivity index (χ3v) is 4.95. The molecule has 1 saturated heterocycles. The number of nitro benzene ring substituents is 1. The largest absolute Gasteiger partial charge is 0.465 e. The summed E-state index contributed by atoms with van der Waals surface area (Å²) in [4.78, 5) is 41.0. The summed E-state index contributed by atoms with van der Waals surface area (Å²) < 4.78 is 15.8. The minimum Gasteiger partial charge on any atom is -0.465 e. The van der Waals surface area contributed by atoms with Crippen LogP contribution in [0, 0.1) is 24.0 Å². The van der Waals surface area contributed by atoms with E-state index in [4.69, 9.17) is 14.2 Å². The van der Waals surface area contributed by atoms with Crippen LogP contribution in [0.4, 0.5) is 5.69 Å². The molecule has 1 aliphatic heterocycles. The van der Waals surface area contributed by atoms with Crippen molar-refractivity contribution in [2.45, 2.75) is 32.8 Å². The number of hydrogen-bond donors (Lipinski definition) is 0. The highest BCUT2D eigenvalue weighted by atomic mass is 16.6. The number of hydrogen-bond acceptors (Lipinski definition) is 8. The van der Waals surface area contributed by atoms with Crippen LogP contribution in [0.1, 0.15) is 44.9 Å². The smallest absolute Gasteiger partial charge is 0.340 e. The van der Waals surface area contributed by atoms with Crippen LogP contribution in [0.5, 0.6) is 0 Å². The molecule has 30 heavy (non-hydrogen) atoms. The fourth-order valence-electron chi connectivity index (χ4n) is 3.58. The second kappa shape index (κ2) is 9.00. The van der Waals surface area contributed by atoms with Crippen molar-refractivity contribution in [2.24, 2.45) is 0 Å². The topological polar surface area (TPSA) is 118 Å². The maximum atomic E-state index is 13.0. The first-order valence-electron chi connectivity index (χ1n) is 9.47. The molecule has 1 aliphatic rings. The molecule has 0 unspecified atom stereocenters. The molecular formula is C21H22N2O7. The number of rotatable bonds is 6. The van der Waals surface area contributed by atoms with E-state index in [1.54, 1.807) is 19.9 Å². The molecule has 158 valence electrons. The maximum Gasteiger partial charge on any atom is 0.340 e. The molecule has 2 heterocycles. The molecule has 9 heteroatoms. The summed E-state index contributed by atoms with van der Waals surface area (Å²) in [6.07, 6.45) is 1.48. The van der Waals surface area contributed by atoms with Crippen LogP contribution in [0.15, 0.2) is 24.3 Å². The second-order valence-corrected chi connectivity index (χ2v) is 6.91. The Balaban J connectivity index is 2.20. The van der Waals surface area contributed by atoms with E-state index in [0.717, 1.165) is 12.8 Å². The van der Waals surface area contributed by atoms with E-state index in [1.807, 2.05) is 0 Å². The Morgan fingerprint density at radius 3 is 2.47 bits per heavy atom. The number of aromatic nitrogens is 1. The zero-order chi connectivity index (χ0) is 21.8. The number of ether oxygens (including phenoxy) is 3. The predicted molar refractivity (Wildman–Crippen MR) is 106 cm³/mol. The van der Waals surface area contributed by atoms with Crippen molar-refractivity contribution < 1.29 is 28.7 Å². The van der Waals surface area contributed by atoms with Crippen molar-refractivity contribution in [3.63, 3.8) is 0 Å². The Morgan fingerprint density at radius 2 is 1.87 bits per heavy atom. The standard InChI is InChI=1S/C21H22N2O7/c1-12-17(20(24)28-3)19(15-8-4-5-9-16(15)23(26)27)18(13(2)22-12)21(25)30-11-14-7-6-10-29-14/h4-5,8-9,14H,6-7,10-11H2,1-3H3/t14-/m0/s1. The number of nitrogens with zero attached hydrogens (tertiary/aromatic N) is 2. The van der Waals surface area contributed by atoms with E-state index in [0.29, 0.717) is 18.0 Å². The number of para-hydroxylation sites is 1. The SMILES string of the molecule is COC(=O)c1c(C)nc(C)c(C(=O)OC[C@@H]2CCCO2)c1-c1ccccc1[N+](=O)[O-]. The van der Waals surface area contributed by atoms with Gasteiger partial charge in [-0.1, -0.05) is 12.1 Å². The summed E-state index contributed by atoms with van der Waals surface area (Å²) in [6.45, 7) is 3.84. The number of pyridine rings is 1. The van der Waals surface area contributed by atoms with E-state index in [-0.39, 0.29) is 40.7 Å². The second-order valence-electron chi connectivity index (χ2n) is 6.91. The van der Waals surface area contributed by atoms with E-state index in [1.165, 1.54) is 25.3 Å². The molecule has 0 saturated carbocycles. The Kier molecular flexibility index (Phi) is 6.41. The van der Waals surface area contributed by atoms with Crippen LogP contribution in [-0.4, -0.2) is 48.3 Å². The van der Waals surface area contributed by atoms with Gasteiger partial charge in [-0.2, -0.15) is 0 Å². The molecular weight excluding hydrogens is 392 g/mol. The number of aryl methyl sites for hydroxylation is 2. The number of carbonyl (C=O) groups is 2. The van der Waals surface area contributed by atoms with Crippen LogP contribution in [0.25, 0.3) is 11.1 Å². The monoisotopic (exact) mass is 414 g/mol. The van der Waals surface area contributed by atoms with Gasteiger partial charge >= 0.3 is 11.9 Å². The highest BCUT2D eigenvalue weighted by molar-refractivity contribution is 6.08. The molecule has 1 fully saturated rings. The zero-order valence-electron chi connectivity index (χ0n) is 17.0. The fourth-order valence-corrected chi connectivity index (χ4v) is 3.58. The van der Waals surface area contributed by atoms with Gasteiger partial charge in [0.25, 0.3) is 5.69 Å². The minimum absolute atomic E-state index is 0.00621. The van der Waals surface area contributed by atoms with Crippen LogP contribution in [0.2, 0.25) is 0 Å². The number of benzene rings is 1. The van der Waals surface area contributed by atoms with Crippen LogP contribution >= 0.6 is 0 Å². The molecule has 0 amide bonds. The molecule has 3 rings (SSSR count). The lowest BCUT2D eigenvalue weighted by Crippen LogP contribution is -2.21. The molecule has 1 aromatic heterocycles. The first kappa shape index (κ1) is 21.4. The summed E-state index contributed by atoms with van der Waals surface area (Å²) in [5, 5.41) is 11.6. The minimum atomic E-state index is -0.749. The van der Waals surface area contributed by atoms with Gasteiger partial charge in [-0.05, 0) is 32.8 Å². The third kappa shape index (κ3) is 4.16. The summed E-state index contributed by atoms with van der Waals surface area (Å²) in [6, 6.07) is 5.89. The highest BCUT2D eigenvalue weighted by Gasteiger charge is 2.31. The zero-order valence-corrected chi connectivity index (χ0v) is 17.0. The predicted octanol–water partition coefficient (Wildman–Crippen LogP) is 3.40. The van der Waals surface area contributed by atoms with Gasteiger partial charge in [-0.25, -0.2) is 9.59 Å². The summed E-state index contributed by atoms with van der Waals surface area (Å²) in [7, 11) is 1.19. The average Bonchev–Trinajstić information content (AvgIpc) is 3.24. The van der Waals surface area contributed by atoms with Gasteiger partial charge in [0.2, 0.25) is 0 Å². The number of carbonyl (C=O) groups excluding carboxylic acids is 2. The molecule has 1 aromatic carbocycles. The van der Waals surface area contributed by atoms with Crippen molar-refractivity contribution in [3.05, 3.63) is 56.9 Å². The van der Waals surface area contributed by atoms with Gasteiger partial charge in [-0.15, -0.1) is 0 Å². The summed E-state index contributed by atoms with van der Waals surface area (Å²) in [5.74, 6) is -1.48. The number of esters is 2. The van der Waals surface area contributed by atoms with Gasteiger partial charge < -0.3 is 14.2 Å². The molecule has 0 aliphatic carbocycles. The first-order valence-corrected chi connectivity index (χ1v) is 9.47. The van der Waals surface area contributed by atoms with E-state index in [9.17, 15) is 19.7 Å². The van der Waals surface area contributed by atoms with Crippen molar-refractivity contribution in [1.82, 2.24) is 4.98 Å². The van der Waals surface area contributed by atoms with Crippen LogP contribution in [-0.2, 0) is 14.2 Å². The van der Waals surface area contributed by atoms with Crippen molar-refractivity contribution in [2.75, 3.05) is 20.3 Å². The Bertz CT molecular complexity index is 997.